The molecule has 1 aromatic heterocycles. The largest absolute Gasteiger partial charge is 0.472 e. The van der Waals surface area contributed by atoms with Crippen molar-refractivity contribution in [2.24, 2.45) is 0 Å². The molecule has 2 aliphatic rings. The molecule has 2 heterocycles. The maximum Gasteiger partial charge on any atom is 0.257 e. The van der Waals surface area contributed by atoms with E-state index < -0.39 is 0 Å². The van der Waals surface area contributed by atoms with Crippen LogP contribution in [-0.2, 0) is 17.6 Å². The molecule has 0 saturated carbocycles. The number of nitrogens with zero attached hydrogens (tertiary/aromatic N) is 2. The number of benzene rings is 1. The number of ketones is 1. The van der Waals surface area contributed by atoms with Crippen molar-refractivity contribution in [3.05, 3.63) is 59.0 Å². The van der Waals surface area contributed by atoms with E-state index in [-0.39, 0.29) is 30.4 Å². The van der Waals surface area contributed by atoms with Crippen LogP contribution in [0.15, 0.2) is 41.2 Å². The van der Waals surface area contributed by atoms with E-state index in [0.717, 1.165) is 19.3 Å². The summed E-state index contributed by atoms with van der Waals surface area (Å²) in [5, 5.41) is 0. The van der Waals surface area contributed by atoms with Gasteiger partial charge in [0.1, 0.15) is 6.26 Å². The van der Waals surface area contributed by atoms with Crippen molar-refractivity contribution >= 4 is 17.6 Å². The second-order valence-electron chi connectivity index (χ2n) is 7.45. The average molecular weight is 380 g/mol. The third-order valence-electron chi connectivity index (χ3n) is 5.67. The van der Waals surface area contributed by atoms with Crippen LogP contribution in [0.1, 0.15) is 51.1 Å². The van der Waals surface area contributed by atoms with Gasteiger partial charge in [-0.05, 0) is 42.5 Å². The van der Waals surface area contributed by atoms with Crippen molar-refractivity contribution in [2.75, 3.05) is 26.2 Å². The zero-order chi connectivity index (χ0) is 19.5. The number of carbonyl (C=O) groups excluding carboxylic acids is 3. The van der Waals surface area contributed by atoms with Crippen LogP contribution in [-0.4, -0.2) is 53.6 Å². The zero-order valence-electron chi connectivity index (χ0n) is 15.9. The topological polar surface area (TPSA) is 70.8 Å². The fraction of sp³-hybridized carbons (Fsp3) is 0.409. The monoisotopic (exact) mass is 380 g/mol. The van der Waals surface area contributed by atoms with Crippen LogP contribution in [0.4, 0.5) is 0 Å². The molecule has 1 aliphatic heterocycles. The molecule has 2 aromatic rings. The van der Waals surface area contributed by atoms with Gasteiger partial charge in [0.25, 0.3) is 5.91 Å². The van der Waals surface area contributed by atoms with Gasteiger partial charge in [-0.3, -0.25) is 14.4 Å². The summed E-state index contributed by atoms with van der Waals surface area (Å²) >= 11 is 0. The Morgan fingerprint density at radius 3 is 2.36 bits per heavy atom. The molecule has 6 nitrogen and oxygen atoms in total. The van der Waals surface area contributed by atoms with E-state index >= 15 is 0 Å². The van der Waals surface area contributed by atoms with Crippen LogP contribution in [0.3, 0.4) is 0 Å². The highest BCUT2D eigenvalue weighted by molar-refractivity contribution is 5.98. The number of furan rings is 1. The predicted octanol–water partition coefficient (Wildman–Crippen LogP) is 2.72. The summed E-state index contributed by atoms with van der Waals surface area (Å²) in [6, 6.07) is 7.57. The lowest BCUT2D eigenvalue weighted by molar-refractivity contribution is -0.132. The molecule has 4 rings (SSSR count). The summed E-state index contributed by atoms with van der Waals surface area (Å²) in [6.45, 7) is 1.98. The van der Waals surface area contributed by atoms with Gasteiger partial charge in [0.15, 0.2) is 5.78 Å². The summed E-state index contributed by atoms with van der Waals surface area (Å²) in [5.41, 5.74) is 3.86. The Labute approximate surface area is 164 Å². The minimum absolute atomic E-state index is 0.0232. The van der Waals surface area contributed by atoms with Gasteiger partial charge in [-0.2, -0.15) is 0 Å². The van der Waals surface area contributed by atoms with Crippen molar-refractivity contribution in [2.45, 2.75) is 32.1 Å². The van der Waals surface area contributed by atoms with E-state index in [9.17, 15) is 14.4 Å². The second-order valence-corrected chi connectivity index (χ2v) is 7.45. The van der Waals surface area contributed by atoms with Crippen LogP contribution in [0, 0.1) is 0 Å². The van der Waals surface area contributed by atoms with E-state index in [2.05, 4.69) is 0 Å². The van der Waals surface area contributed by atoms with Gasteiger partial charge in [-0.15, -0.1) is 0 Å². The molecular formula is C22H24N2O4. The molecule has 28 heavy (non-hydrogen) atoms. The maximum absolute atomic E-state index is 12.5. The Bertz CT molecular complexity index is 880. The highest BCUT2D eigenvalue weighted by atomic mass is 16.3. The van der Waals surface area contributed by atoms with Crippen LogP contribution >= 0.6 is 0 Å². The Morgan fingerprint density at radius 1 is 0.857 bits per heavy atom. The Kier molecular flexibility index (Phi) is 5.28. The third kappa shape index (κ3) is 3.86. The third-order valence-corrected chi connectivity index (χ3v) is 5.67. The zero-order valence-corrected chi connectivity index (χ0v) is 15.9. The Hall–Kier alpha value is -2.89. The number of hydrogen-bond acceptors (Lipinski definition) is 4. The van der Waals surface area contributed by atoms with Gasteiger partial charge in [0.2, 0.25) is 5.91 Å². The van der Waals surface area contributed by atoms with Crippen LogP contribution in [0.2, 0.25) is 0 Å². The molecule has 0 unspecified atom stereocenters. The predicted molar refractivity (Wildman–Crippen MR) is 103 cm³/mol. The van der Waals surface area contributed by atoms with Crippen molar-refractivity contribution < 1.29 is 18.8 Å². The minimum atomic E-state index is -0.0763. The van der Waals surface area contributed by atoms with Crippen molar-refractivity contribution in [1.82, 2.24) is 9.80 Å². The van der Waals surface area contributed by atoms with Gasteiger partial charge in [0.05, 0.1) is 11.8 Å². The van der Waals surface area contributed by atoms with E-state index in [1.165, 1.54) is 23.7 Å². The van der Waals surface area contributed by atoms with Crippen molar-refractivity contribution in [3.63, 3.8) is 0 Å². The van der Waals surface area contributed by atoms with Crippen molar-refractivity contribution in [3.8, 4) is 0 Å². The smallest absolute Gasteiger partial charge is 0.257 e. The molecule has 2 amide bonds. The standard InChI is InChI=1S/C22H24N2O4/c25-20(18-5-4-16-2-1-3-17(16)14-18)6-7-21(26)23-9-11-24(12-10-23)22(27)19-8-13-28-15-19/h4-5,8,13-15H,1-3,6-7,9-12H2. The highest BCUT2D eigenvalue weighted by Gasteiger charge is 2.25. The number of rotatable bonds is 5. The molecule has 0 atom stereocenters. The highest BCUT2D eigenvalue weighted by Crippen LogP contribution is 2.23. The molecule has 0 spiro atoms. The molecule has 1 aliphatic carbocycles. The molecule has 6 heteroatoms. The lowest BCUT2D eigenvalue weighted by Crippen LogP contribution is -2.50. The first-order valence-electron chi connectivity index (χ1n) is 9.86. The summed E-state index contributed by atoms with van der Waals surface area (Å²) in [7, 11) is 0. The van der Waals surface area contributed by atoms with Gasteiger partial charge in [0, 0.05) is 44.6 Å². The molecule has 0 bridgehead atoms. The van der Waals surface area contributed by atoms with Crippen molar-refractivity contribution in [1.29, 1.82) is 0 Å². The maximum atomic E-state index is 12.5. The van der Waals surface area contributed by atoms with Gasteiger partial charge < -0.3 is 14.2 Å². The summed E-state index contributed by atoms with van der Waals surface area (Å²) in [5.74, 6) is -0.0747. The van der Waals surface area contributed by atoms with Gasteiger partial charge >= 0.3 is 0 Å². The lowest BCUT2D eigenvalue weighted by Gasteiger charge is -2.34. The first kappa shape index (κ1) is 18.5. The number of carbonyl (C=O) groups is 3. The molecule has 146 valence electrons. The first-order valence-corrected chi connectivity index (χ1v) is 9.86. The Balaban J connectivity index is 1.25. The average Bonchev–Trinajstić information content (AvgIpc) is 3.42. The number of Topliss-reactive ketones (excluding diaryl/α,β-unsaturated/α-hetero) is 1. The fourth-order valence-corrected chi connectivity index (χ4v) is 4.00. The van der Waals surface area contributed by atoms with Crippen LogP contribution in [0.25, 0.3) is 0 Å². The second kappa shape index (κ2) is 8.00. The molecule has 1 fully saturated rings. The number of piperazine rings is 1. The first-order chi connectivity index (χ1) is 13.6. The number of amides is 2. The van der Waals surface area contributed by atoms with E-state index in [1.54, 1.807) is 15.9 Å². The molecular weight excluding hydrogens is 356 g/mol. The summed E-state index contributed by atoms with van der Waals surface area (Å²) in [4.78, 5) is 40.7. The van der Waals surface area contributed by atoms with Crippen LogP contribution < -0.4 is 0 Å². The Morgan fingerprint density at radius 2 is 1.61 bits per heavy atom. The molecule has 1 aromatic carbocycles. The SMILES string of the molecule is O=C(CCC(=O)N1CCN(C(=O)c2ccoc2)CC1)c1ccc2c(c1)CCC2. The van der Waals surface area contributed by atoms with Crippen LogP contribution in [0.5, 0.6) is 0 Å². The quantitative estimate of drug-likeness (QED) is 0.748. The number of fused-ring (bicyclic) bond motifs is 1. The molecule has 0 N–H and O–H groups in total. The number of hydrogen-bond donors (Lipinski definition) is 0. The minimum Gasteiger partial charge on any atom is -0.472 e. The van der Waals surface area contributed by atoms with Gasteiger partial charge in [-0.25, -0.2) is 0 Å². The lowest BCUT2D eigenvalue weighted by atomic mass is 10.0. The van der Waals surface area contributed by atoms with Gasteiger partial charge in [-0.1, -0.05) is 12.1 Å². The molecule has 0 radical (unpaired) electrons. The number of aryl methyl sites for hydroxylation is 2. The summed E-state index contributed by atoms with van der Waals surface area (Å²) < 4.78 is 4.96. The molecule has 1 saturated heterocycles. The van der Waals surface area contributed by atoms with E-state index in [0.29, 0.717) is 37.3 Å². The summed E-state index contributed by atoms with van der Waals surface area (Å²) in [6.07, 6.45) is 6.64. The normalized spacial score (nSPS) is 16.1. The van der Waals surface area contributed by atoms with E-state index in [4.69, 9.17) is 4.42 Å². The van der Waals surface area contributed by atoms with E-state index in [1.807, 2.05) is 18.2 Å². The fourth-order valence-electron chi connectivity index (χ4n) is 4.00.